The number of halogens is 1. The van der Waals surface area contributed by atoms with Crippen LogP contribution in [-0.2, 0) is 21.2 Å². The predicted octanol–water partition coefficient (Wildman–Crippen LogP) is 4.73. The highest BCUT2D eigenvalue weighted by molar-refractivity contribution is 7.92. The molecule has 0 bridgehead atoms. The number of nitrogens with one attached hydrogen (secondary N) is 1. The quantitative estimate of drug-likeness (QED) is 0.585. The SMILES string of the molecule is O=C(CN(c1ccc(Cl)cc1)S(=O)(=O)c1ccccc1)N[C@@H]1CCCc2ccccc21. The van der Waals surface area contributed by atoms with Crippen molar-refractivity contribution in [1.82, 2.24) is 5.32 Å². The number of hydrogen-bond donors (Lipinski definition) is 1. The van der Waals surface area contributed by atoms with Crippen molar-refractivity contribution in [2.24, 2.45) is 0 Å². The second-order valence-corrected chi connectivity index (χ2v) is 9.81. The van der Waals surface area contributed by atoms with E-state index in [1.807, 2.05) is 18.2 Å². The second-order valence-electron chi connectivity index (χ2n) is 7.51. The highest BCUT2D eigenvalue weighted by Gasteiger charge is 2.29. The number of hydrogen-bond acceptors (Lipinski definition) is 3. The van der Waals surface area contributed by atoms with Crippen LogP contribution in [0, 0.1) is 0 Å². The minimum absolute atomic E-state index is 0.121. The molecule has 1 amide bonds. The largest absolute Gasteiger partial charge is 0.348 e. The number of benzene rings is 3. The van der Waals surface area contributed by atoms with Gasteiger partial charge in [0, 0.05) is 5.02 Å². The maximum Gasteiger partial charge on any atom is 0.264 e. The first-order chi connectivity index (χ1) is 14.9. The molecular weight excluding hydrogens is 432 g/mol. The van der Waals surface area contributed by atoms with Crippen molar-refractivity contribution in [3.05, 3.63) is 95.0 Å². The van der Waals surface area contributed by atoms with E-state index in [0.29, 0.717) is 10.7 Å². The third-order valence-corrected chi connectivity index (χ3v) is 7.48. The Morgan fingerprint density at radius 2 is 1.65 bits per heavy atom. The Hall–Kier alpha value is -2.83. The lowest BCUT2D eigenvalue weighted by atomic mass is 9.88. The first-order valence-electron chi connectivity index (χ1n) is 10.2. The number of fused-ring (bicyclic) bond motifs is 1. The summed E-state index contributed by atoms with van der Waals surface area (Å²) in [6.07, 6.45) is 2.79. The first kappa shape index (κ1) is 21.4. The number of anilines is 1. The molecule has 0 heterocycles. The van der Waals surface area contributed by atoms with Gasteiger partial charge in [-0.1, -0.05) is 54.1 Å². The molecule has 1 atom stereocenters. The molecule has 0 unspecified atom stereocenters. The zero-order valence-corrected chi connectivity index (χ0v) is 18.4. The molecule has 7 heteroatoms. The molecule has 0 spiro atoms. The van der Waals surface area contributed by atoms with E-state index >= 15 is 0 Å². The van der Waals surface area contributed by atoms with Crippen molar-refractivity contribution in [3.63, 3.8) is 0 Å². The van der Waals surface area contributed by atoms with Gasteiger partial charge in [-0.05, 0) is 66.8 Å². The average molecular weight is 455 g/mol. The van der Waals surface area contributed by atoms with Gasteiger partial charge in [0.05, 0.1) is 16.6 Å². The summed E-state index contributed by atoms with van der Waals surface area (Å²) in [5, 5.41) is 3.53. The Labute approximate surface area is 187 Å². The number of sulfonamides is 1. The molecule has 0 radical (unpaired) electrons. The highest BCUT2D eigenvalue weighted by atomic mass is 35.5. The fourth-order valence-corrected chi connectivity index (χ4v) is 5.48. The van der Waals surface area contributed by atoms with Crippen LogP contribution in [0.3, 0.4) is 0 Å². The van der Waals surface area contributed by atoms with Crippen LogP contribution in [-0.4, -0.2) is 20.9 Å². The Kier molecular flexibility index (Phi) is 6.30. The Bertz CT molecular complexity index is 1160. The first-order valence-corrected chi connectivity index (χ1v) is 12.0. The molecule has 4 rings (SSSR count). The van der Waals surface area contributed by atoms with Crippen LogP contribution in [0.4, 0.5) is 5.69 Å². The smallest absolute Gasteiger partial charge is 0.264 e. The third-order valence-electron chi connectivity index (χ3n) is 5.44. The Morgan fingerprint density at radius 3 is 2.39 bits per heavy atom. The highest BCUT2D eigenvalue weighted by Crippen LogP contribution is 2.30. The standard InChI is InChI=1S/C24H23ClN2O3S/c25-19-13-15-20(16-14-19)27(31(29,30)21-9-2-1-3-10-21)17-24(28)26-23-12-6-8-18-7-4-5-11-22(18)23/h1-5,7,9-11,13-16,23H,6,8,12,17H2,(H,26,28)/t23-/m1/s1. The number of carbonyl (C=O) groups is 1. The van der Waals surface area contributed by atoms with Gasteiger partial charge in [0.15, 0.2) is 0 Å². The van der Waals surface area contributed by atoms with Crippen LogP contribution >= 0.6 is 11.6 Å². The van der Waals surface area contributed by atoms with Crippen molar-refractivity contribution in [2.75, 3.05) is 10.8 Å². The molecule has 31 heavy (non-hydrogen) atoms. The summed E-state index contributed by atoms with van der Waals surface area (Å²) in [6.45, 7) is -0.322. The summed E-state index contributed by atoms with van der Waals surface area (Å²) in [5.41, 5.74) is 2.71. The molecule has 0 fully saturated rings. The fourth-order valence-electron chi connectivity index (χ4n) is 3.92. The zero-order chi connectivity index (χ0) is 21.8. The van der Waals surface area contributed by atoms with Gasteiger partial charge in [-0.15, -0.1) is 0 Å². The molecule has 0 aromatic heterocycles. The summed E-state index contributed by atoms with van der Waals surface area (Å²) in [5.74, 6) is -0.351. The molecule has 0 saturated carbocycles. The number of rotatable bonds is 6. The molecule has 1 aliphatic carbocycles. The van der Waals surface area contributed by atoms with Crippen molar-refractivity contribution in [2.45, 2.75) is 30.2 Å². The molecule has 3 aromatic carbocycles. The van der Waals surface area contributed by atoms with Crippen molar-refractivity contribution >= 4 is 33.2 Å². The van der Waals surface area contributed by atoms with Crippen molar-refractivity contribution in [1.29, 1.82) is 0 Å². The zero-order valence-electron chi connectivity index (χ0n) is 16.9. The van der Waals surface area contributed by atoms with Crippen LogP contribution in [0.15, 0.2) is 83.8 Å². The minimum atomic E-state index is -3.93. The van der Waals surface area contributed by atoms with Crippen LogP contribution in [0.25, 0.3) is 0 Å². The van der Waals surface area contributed by atoms with Crippen LogP contribution in [0.5, 0.6) is 0 Å². The molecule has 1 aliphatic rings. The number of aryl methyl sites for hydroxylation is 1. The van der Waals surface area contributed by atoms with Crippen LogP contribution < -0.4 is 9.62 Å². The molecule has 1 N–H and O–H groups in total. The number of carbonyl (C=O) groups excluding carboxylic acids is 1. The summed E-state index contributed by atoms with van der Waals surface area (Å²) >= 11 is 5.98. The Morgan fingerprint density at radius 1 is 0.968 bits per heavy atom. The van der Waals surface area contributed by atoms with E-state index in [4.69, 9.17) is 11.6 Å². The van der Waals surface area contributed by atoms with Gasteiger partial charge in [-0.25, -0.2) is 8.42 Å². The summed E-state index contributed by atoms with van der Waals surface area (Å²) in [6, 6.07) is 22.5. The van der Waals surface area contributed by atoms with E-state index in [2.05, 4.69) is 11.4 Å². The second kappa shape index (κ2) is 9.12. The predicted molar refractivity (Wildman–Crippen MR) is 123 cm³/mol. The van der Waals surface area contributed by atoms with Crippen molar-refractivity contribution in [3.8, 4) is 0 Å². The summed E-state index contributed by atoms with van der Waals surface area (Å²) in [4.78, 5) is 13.1. The number of nitrogens with zero attached hydrogens (tertiary/aromatic N) is 1. The maximum atomic E-state index is 13.4. The van der Waals surface area contributed by atoms with E-state index in [0.717, 1.165) is 29.1 Å². The molecule has 5 nitrogen and oxygen atoms in total. The third kappa shape index (κ3) is 4.75. The van der Waals surface area contributed by atoms with Gasteiger partial charge in [0.25, 0.3) is 10.0 Å². The van der Waals surface area contributed by atoms with E-state index in [1.165, 1.54) is 17.7 Å². The van der Waals surface area contributed by atoms with Crippen molar-refractivity contribution < 1.29 is 13.2 Å². The Balaban J connectivity index is 1.61. The molecule has 0 aliphatic heterocycles. The van der Waals surface area contributed by atoms with E-state index in [9.17, 15) is 13.2 Å². The van der Waals surface area contributed by atoms with Gasteiger partial charge >= 0.3 is 0 Å². The van der Waals surface area contributed by atoms with Gasteiger partial charge < -0.3 is 5.32 Å². The normalized spacial score (nSPS) is 15.7. The van der Waals surface area contributed by atoms with Gasteiger partial charge in [-0.2, -0.15) is 0 Å². The van der Waals surface area contributed by atoms with Crippen LogP contribution in [0.2, 0.25) is 5.02 Å². The lowest BCUT2D eigenvalue weighted by Crippen LogP contribution is -2.42. The average Bonchev–Trinajstić information content (AvgIpc) is 2.79. The van der Waals surface area contributed by atoms with Gasteiger partial charge in [0.2, 0.25) is 5.91 Å². The molecule has 160 valence electrons. The molecular formula is C24H23ClN2O3S. The molecule has 0 saturated heterocycles. The lowest BCUT2D eigenvalue weighted by Gasteiger charge is -2.28. The topological polar surface area (TPSA) is 66.5 Å². The van der Waals surface area contributed by atoms with Crippen LogP contribution in [0.1, 0.15) is 30.0 Å². The minimum Gasteiger partial charge on any atom is -0.348 e. The van der Waals surface area contributed by atoms with E-state index in [-0.39, 0.29) is 23.4 Å². The molecule has 3 aromatic rings. The lowest BCUT2D eigenvalue weighted by molar-refractivity contribution is -0.120. The number of amides is 1. The van der Waals surface area contributed by atoms with Gasteiger partial charge in [-0.3, -0.25) is 9.10 Å². The maximum absolute atomic E-state index is 13.4. The van der Waals surface area contributed by atoms with E-state index in [1.54, 1.807) is 42.5 Å². The monoisotopic (exact) mass is 454 g/mol. The summed E-state index contributed by atoms with van der Waals surface area (Å²) < 4.78 is 27.8. The van der Waals surface area contributed by atoms with E-state index < -0.39 is 10.0 Å². The fraction of sp³-hybridized carbons (Fsp3) is 0.208. The summed E-state index contributed by atoms with van der Waals surface area (Å²) in [7, 11) is -3.93. The van der Waals surface area contributed by atoms with Gasteiger partial charge in [0.1, 0.15) is 6.54 Å².